The van der Waals surface area contributed by atoms with Crippen LogP contribution in [0.15, 0.2) is 36.9 Å². The summed E-state index contributed by atoms with van der Waals surface area (Å²) >= 11 is 0. The molecule has 0 amide bonds. The zero-order valence-corrected chi connectivity index (χ0v) is 13.1. The summed E-state index contributed by atoms with van der Waals surface area (Å²) in [7, 11) is -1.12. The molecule has 0 aliphatic heterocycles. The Kier molecular flexibility index (Phi) is 4.80. The lowest BCUT2D eigenvalue weighted by Gasteiger charge is -2.23. The molecule has 19 heavy (non-hydrogen) atoms. The minimum absolute atomic E-state index is 0.292. The van der Waals surface area contributed by atoms with E-state index in [1.807, 2.05) is 58.9 Å². The van der Waals surface area contributed by atoms with Gasteiger partial charge in [-0.3, -0.25) is 0 Å². The maximum atomic E-state index is 11.9. The number of benzene rings is 1. The lowest BCUT2D eigenvalue weighted by atomic mass is 10.1. The van der Waals surface area contributed by atoms with E-state index in [1.54, 1.807) is 6.08 Å². The molecule has 0 spiro atoms. The summed E-state index contributed by atoms with van der Waals surface area (Å²) in [5, 5.41) is 0. The quantitative estimate of drug-likeness (QED) is 0.831. The largest absolute Gasteiger partial charge is 0.484 e. The number of hydrogen-bond acceptors (Lipinski definition) is 2. The van der Waals surface area contributed by atoms with Gasteiger partial charge in [-0.2, -0.15) is 0 Å². The third-order valence-electron chi connectivity index (χ3n) is 2.49. The predicted octanol–water partition coefficient (Wildman–Crippen LogP) is 3.90. The van der Waals surface area contributed by atoms with Crippen molar-refractivity contribution < 1.29 is 8.95 Å². The molecule has 0 saturated carbocycles. The number of nitrogens with one attached hydrogen (secondary N) is 1. The van der Waals surface area contributed by atoms with Crippen LogP contribution in [0.4, 0.5) is 5.69 Å². The highest BCUT2D eigenvalue weighted by Gasteiger charge is 2.19. The van der Waals surface area contributed by atoms with Crippen LogP contribution in [-0.2, 0) is 11.0 Å². The van der Waals surface area contributed by atoms with Crippen LogP contribution in [0.2, 0.25) is 0 Å². The first-order valence-electron chi connectivity index (χ1n) is 6.25. The number of hydrogen-bond donors (Lipinski definition) is 1. The molecule has 4 heteroatoms. The van der Waals surface area contributed by atoms with Crippen molar-refractivity contribution in [3.8, 4) is 5.75 Å². The van der Waals surface area contributed by atoms with Gasteiger partial charge >= 0.3 is 0 Å². The minimum atomic E-state index is -1.12. The molecule has 1 N–H and O–H groups in total. The molecule has 0 fully saturated rings. The van der Waals surface area contributed by atoms with Crippen LogP contribution < -0.4 is 9.46 Å². The van der Waals surface area contributed by atoms with E-state index < -0.39 is 16.6 Å². The molecule has 3 nitrogen and oxygen atoms in total. The molecule has 0 aliphatic carbocycles. The zero-order valence-electron chi connectivity index (χ0n) is 12.3. The molecule has 0 heterocycles. The van der Waals surface area contributed by atoms with E-state index in [9.17, 15) is 4.21 Å². The van der Waals surface area contributed by atoms with Crippen LogP contribution in [0.5, 0.6) is 5.75 Å². The first-order chi connectivity index (χ1) is 8.64. The molecule has 1 atom stereocenters. The number of rotatable bonds is 5. The first-order valence-corrected chi connectivity index (χ1v) is 7.40. The smallest absolute Gasteiger partial charge is 0.122 e. The molecule has 0 bridgehead atoms. The fraction of sp³-hybridized carbons (Fsp3) is 0.467. The Bertz CT molecular complexity index is 458. The van der Waals surface area contributed by atoms with E-state index in [2.05, 4.69) is 11.3 Å². The molecule has 0 saturated heterocycles. The monoisotopic (exact) mass is 281 g/mol. The number of ether oxygens (including phenoxy) is 1. The Morgan fingerprint density at radius 1 is 1.16 bits per heavy atom. The summed E-state index contributed by atoms with van der Waals surface area (Å²) in [5.74, 6) is 0.761. The summed E-state index contributed by atoms with van der Waals surface area (Å²) in [6, 6.07) is 7.43. The van der Waals surface area contributed by atoms with Gasteiger partial charge in [0.15, 0.2) is 0 Å². The van der Waals surface area contributed by atoms with Gasteiger partial charge in [-0.15, -0.1) is 0 Å². The highest BCUT2D eigenvalue weighted by atomic mass is 32.2. The van der Waals surface area contributed by atoms with Crippen LogP contribution >= 0.6 is 0 Å². The van der Waals surface area contributed by atoms with Gasteiger partial charge in [0.25, 0.3) is 0 Å². The van der Waals surface area contributed by atoms with Crippen molar-refractivity contribution in [2.45, 2.75) is 45.0 Å². The standard InChI is InChI=1S/C15H23NO2S/c1-7-15(5,6)18-13-10-8-12(9-11-13)16-19(17)14(2,3)4/h7-11,16H,1H2,2-6H3. The highest BCUT2D eigenvalue weighted by molar-refractivity contribution is 7.87. The molecular weight excluding hydrogens is 258 g/mol. The van der Waals surface area contributed by atoms with Crippen molar-refractivity contribution in [2.75, 3.05) is 4.72 Å². The molecule has 1 aromatic rings. The molecule has 1 rings (SSSR count). The SMILES string of the molecule is C=CC(C)(C)Oc1ccc(NS(=O)C(C)(C)C)cc1. The maximum absolute atomic E-state index is 11.9. The second-order valence-corrected chi connectivity index (χ2v) is 7.88. The van der Waals surface area contributed by atoms with Crippen molar-refractivity contribution in [2.24, 2.45) is 0 Å². The van der Waals surface area contributed by atoms with E-state index in [-0.39, 0.29) is 4.75 Å². The Morgan fingerprint density at radius 2 is 1.68 bits per heavy atom. The van der Waals surface area contributed by atoms with Gasteiger partial charge in [0.05, 0.1) is 4.75 Å². The van der Waals surface area contributed by atoms with Gasteiger partial charge in [-0.25, -0.2) is 4.21 Å². The van der Waals surface area contributed by atoms with Gasteiger partial charge < -0.3 is 9.46 Å². The van der Waals surface area contributed by atoms with Gasteiger partial charge in [0, 0.05) is 5.69 Å². The lowest BCUT2D eigenvalue weighted by molar-refractivity contribution is 0.162. The van der Waals surface area contributed by atoms with E-state index in [1.165, 1.54) is 0 Å². The van der Waals surface area contributed by atoms with E-state index >= 15 is 0 Å². The lowest BCUT2D eigenvalue weighted by Crippen LogP contribution is -2.27. The Hall–Kier alpha value is -1.29. The normalized spacial score (nSPS) is 13.7. The van der Waals surface area contributed by atoms with Crippen LogP contribution in [0.1, 0.15) is 34.6 Å². The molecular formula is C15H23NO2S. The predicted molar refractivity (Wildman–Crippen MR) is 82.9 cm³/mol. The number of anilines is 1. The molecule has 0 radical (unpaired) electrons. The topological polar surface area (TPSA) is 38.3 Å². The van der Waals surface area contributed by atoms with Gasteiger partial charge in [0.1, 0.15) is 22.3 Å². The second kappa shape index (κ2) is 5.78. The minimum Gasteiger partial charge on any atom is -0.484 e. The first kappa shape index (κ1) is 15.8. The van der Waals surface area contributed by atoms with Crippen LogP contribution in [0, 0.1) is 0 Å². The van der Waals surface area contributed by atoms with Crippen LogP contribution in [0.25, 0.3) is 0 Å². The van der Waals surface area contributed by atoms with Crippen LogP contribution in [0.3, 0.4) is 0 Å². The third kappa shape index (κ3) is 5.07. The fourth-order valence-electron chi connectivity index (χ4n) is 1.20. The Morgan fingerprint density at radius 3 is 2.11 bits per heavy atom. The zero-order chi connectivity index (χ0) is 14.7. The summed E-state index contributed by atoms with van der Waals surface area (Å²) in [5.41, 5.74) is 0.417. The molecule has 1 aromatic carbocycles. The van der Waals surface area contributed by atoms with Crippen molar-refractivity contribution >= 4 is 16.7 Å². The molecule has 106 valence electrons. The average Bonchev–Trinajstić information content (AvgIpc) is 2.30. The van der Waals surface area contributed by atoms with Crippen molar-refractivity contribution in [3.63, 3.8) is 0 Å². The van der Waals surface area contributed by atoms with Crippen LogP contribution in [-0.4, -0.2) is 14.6 Å². The Balaban J connectivity index is 2.72. The van der Waals surface area contributed by atoms with Crippen molar-refractivity contribution in [1.29, 1.82) is 0 Å². The fourth-order valence-corrected chi connectivity index (χ4v) is 1.85. The second-order valence-electron chi connectivity index (χ2n) is 5.92. The third-order valence-corrected chi connectivity index (χ3v) is 4.03. The van der Waals surface area contributed by atoms with Crippen molar-refractivity contribution in [3.05, 3.63) is 36.9 Å². The van der Waals surface area contributed by atoms with E-state index in [0.717, 1.165) is 11.4 Å². The van der Waals surface area contributed by atoms with E-state index in [0.29, 0.717) is 0 Å². The summed E-state index contributed by atoms with van der Waals surface area (Å²) in [6.07, 6.45) is 1.76. The summed E-state index contributed by atoms with van der Waals surface area (Å²) in [4.78, 5) is 0. The highest BCUT2D eigenvalue weighted by Crippen LogP contribution is 2.22. The van der Waals surface area contributed by atoms with Gasteiger partial charge in [0.2, 0.25) is 0 Å². The average molecular weight is 281 g/mol. The summed E-state index contributed by atoms with van der Waals surface area (Å²) in [6.45, 7) is 13.4. The van der Waals surface area contributed by atoms with E-state index in [4.69, 9.17) is 4.74 Å². The molecule has 1 unspecified atom stereocenters. The van der Waals surface area contributed by atoms with Gasteiger partial charge in [-0.05, 0) is 65.0 Å². The maximum Gasteiger partial charge on any atom is 0.122 e. The molecule has 0 aromatic heterocycles. The summed E-state index contributed by atoms with van der Waals surface area (Å²) < 4.78 is 20.4. The molecule has 0 aliphatic rings. The Labute approximate surface area is 118 Å². The van der Waals surface area contributed by atoms with Gasteiger partial charge in [-0.1, -0.05) is 6.58 Å². The van der Waals surface area contributed by atoms with Crippen molar-refractivity contribution in [1.82, 2.24) is 0 Å².